The Bertz CT molecular complexity index is 314. The molecule has 3 N–H and O–H groups in total. The van der Waals surface area contributed by atoms with Crippen LogP contribution >= 0.6 is 0 Å². The number of rotatable bonds is 5. The van der Waals surface area contributed by atoms with E-state index < -0.39 is 0 Å². The highest BCUT2D eigenvalue weighted by Crippen LogP contribution is 2.17. The largest absolute Gasteiger partial charge is 0.393 e. The fourth-order valence-electron chi connectivity index (χ4n) is 1.28. The molecule has 0 fully saturated rings. The lowest BCUT2D eigenvalue weighted by Gasteiger charge is -2.11. The molecule has 5 heteroatoms. The number of aliphatic hydroxyl groups excluding tert-OH is 1. The van der Waals surface area contributed by atoms with Gasteiger partial charge in [-0.05, 0) is 20.3 Å². The molecule has 0 aliphatic rings. The van der Waals surface area contributed by atoms with Crippen molar-refractivity contribution >= 4 is 11.6 Å². The van der Waals surface area contributed by atoms with Crippen LogP contribution in [-0.4, -0.2) is 34.8 Å². The molecule has 0 amide bonds. The summed E-state index contributed by atoms with van der Waals surface area (Å²) in [6.45, 7) is 4.43. The van der Waals surface area contributed by atoms with Crippen molar-refractivity contribution in [2.75, 3.05) is 24.2 Å². The molecule has 1 aromatic rings. The normalized spacial score (nSPS) is 12.3. The third-order valence-corrected chi connectivity index (χ3v) is 2.18. The Kier molecular flexibility index (Phi) is 4.30. The van der Waals surface area contributed by atoms with Crippen molar-refractivity contribution < 1.29 is 5.11 Å². The van der Waals surface area contributed by atoms with Gasteiger partial charge in [0.25, 0.3) is 0 Å². The highest BCUT2D eigenvalue weighted by Gasteiger charge is 2.04. The average molecular weight is 210 g/mol. The quantitative estimate of drug-likeness (QED) is 0.676. The van der Waals surface area contributed by atoms with E-state index in [0.717, 1.165) is 17.2 Å². The van der Waals surface area contributed by atoms with Gasteiger partial charge < -0.3 is 15.7 Å². The Morgan fingerprint density at radius 2 is 2.07 bits per heavy atom. The van der Waals surface area contributed by atoms with E-state index in [0.29, 0.717) is 13.0 Å². The molecule has 0 aromatic carbocycles. The highest BCUT2D eigenvalue weighted by atomic mass is 16.3. The molecular formula is C10H18N4O. The molecule has 5 nitrogen and oxygen atoms in total. The van der Waals surface area contributed by atoms with Crippen molar-refractivity contribution in [1.82, 2.24) is 9.97 Å². The predicted molar refractivity (Wildman–Crippen MR) is 61.1 cm³/mol. The maximum Gasteiger partial charge on any atom is 0.134 e. The van der Waals surface area contributed by atoms with Gasteiger partial charge in [0.1, 0.15) is 18.0 Å². The van der Waals surface area contributed by atoms with Crippen LogP contribution in [-0.2, 0) is 0 Å². The van der Waals surface area contributed by atoms with Crippen LogP contribution in [0.15, 0.2) is 6.33 Å². The molecule has 1 rings (SSSR count). The SMILES string of the molecule is CNc1ncnc(NCCC(C)O)c1C. The lowest BCUT2D eigenvalue weighted by atomic mass is 10.2. The zero-order chi connectivity index (χ0) is 11.3. The molecule has 0 saturated heterocycles. The van der Waals surface area contributed by atoms with E-state index in [-0.39, 0.29) is 6.10 Å². The Balaban J connectivity index is 2.61. The molecule has 0 bridgehead atoms. The number of hydrogen-bond donors (Lipinski definition) is 3. The first-order chi connectivity index (χ1) is 7.15. The molecular weight excluding hydrogens is 192 g/mol. The first-order valence-corrected chi connectivity index (χ1v) is 5.06. The third-order valence-electron chi connectivity index (χ3n) is 2.18. The fraction of sp³-hybridized carbons (Fsp3) is 0.600. The Morgan fingerprint density at radius 3 is 2.67 bits per heavy atom. The monoisotopic (exact) mass is 210 g/mol. The van der Waals surface area contributed by atoms with Gasteiger partial charge >= 0.3 is 0 Å². The molecule has 1 unspecified atom stereocenters. The Labute approximate surface area is 90.0 Å². The molecule has 1 atom stereocenters. The van der Waals surface area contributed by atoms with Crippen LogP contribution in [0.1, 0.15) is 18.9 Å². The van der Waals surface area contributed by atoms with Gasteiger partial charge in [-0.3, -0.25) is 0 Å². The molecule has 0 saturated carbocycles. The van der Waals surface area contributed by atoms with Gasteiger partial charge in [-0.15, -0.1) is 0 Å². The summed E-state index contributed by atoms with van der Waals surface area (Å²) in [5, 5.41) is 15.3. The molecule has 0 aliphatic heterocycles. The lowest BCUT2D eigenvalue weighted by Crippen LogP contribution is -2.12. The predicted octanol–water partition coefficient (Wildman–Crippen LogP) is 1.01. The number of hydrogen-bond acceptors (Lipinski definition) is 5. The van der Waals surface area contributed by atoms with Crippen molar-refractivity contribution in [3.05, 3.63) is 11.9 Å². The van der Waals surface area contributed by atoms with Gasteiger partial charge in [-0.1, -0.05) is 0 Å². The number of aliphatic hydroxyl groups is 1. The van der Waals surface area contributed by atoms with Crippen LogP contribution in [0.5, 0.6) is 0 Å². The lowest BCUT2D eigenvalue weighted by molar-refractivity contribution is 0.188. The fourth-order valence-corrected chi connectivity index (χ4v) is 1.28. The summed E-state index contributed by atoms with van der Waals surface area (Å²) in [5.74, 6) is 1.64. The van der Waals surface area contributed by atoms with E-state index >= 15 is 0 Å². The minimum atomic E-state index is -0.289. The summed E-state index contributed by atoms with van der Waals surface area (Å²) in [5.41, 5.74) is 0.991. The van der Waals surface area contributed by atoms with Gasteiger partial charge in [0.05, 0.1) is 6.10 Å². The molecule has 15 heavy (non-hydrogen) atoms. The summed E-state index contributed by atoms with van der Waals surface area (Å²) in [6, 6.07) is 0. The number of aromatic nitrogens is 2. The van der Waals surface area contributed by atoms with Crippen molar-refractivity contribution in [1.29, 1.82) is 0 Å². The highest BCUT2D eigenvalue weighted by molar-refractivity contribution is 5.55. The minimum absolute atomic E-state index is 0.289. The first kappa shape index (κ1) is 11.7. The van der Waals surface area contributed by atoms with E-state index in [1.54, 1.807) is 6.92 Å². The topological polar surface area (TPSA) is 70.1 Å². The van der Waals surface area contributed by atoms with Gasteiger partial charge in [-0.2, -0.15) is 0 Å². The zero-order valence-electron chi connectivity index (χ0n) is 9.41. The van der Waals surface area contributed by atoms with Crippen LogP contribution < -0.4 is 10.6 Å². The van der Waals surface area contributed by atoms with Crippen molar-refractivity contribution in [2.24, 2.45) is 0 Å². The molecule has 0 spiro atoms. The summed E-state index contributed by atoms with van der Waals surface area (Å²) < 4.78 is 0. The van der Waals surface area contributed by atoms with Crippen LogP contribution in [0, 0.1) is 6.92 Å². The summed E-state index contributed by atoms with van der Waals surface area (Å²) in [7, 11) is 1.83. The second kappa shape index (κ2) is 5.50. The smallest absolute Gasteiger partial charge is 0.134 e. The standard InChI is InChI=1S/C10H18N4O/c1-7(15)4-5-12-10-8(2)9(11-3)13-6-14-10/h6-7,15H,4-5H2,1-3H3,(H2,11,12,13,14). The molecule has 84 valence electrons. The van der Waals surface area contributed by atoms with E-state index in [1.165, 1.54) is 6.33 Å². The van der Waals surface area contributed by atoms with Crippen LogP contribution in [0.25, 0.3) is 0 Å². The maximum absolute atomic E-state index is 9.12. The maximum atomic E-state index is 9.12. The molecule has 0 radical (unpaired) electrons. The van der Waals surface area contributed by atoms with Crippen molar-refractivity contribution in [3.63, 3.8) is 0 Å². The average Bonchev–Trinajstić information content (AvgIpc) is 2.20. The van der Waals surface area contributed by atoms with E-state index in [9.17, 15) is 0 Å². The van der Waals surface area contributed by atoms with Crippen molar-refractivity contribution in [3.8, 4) is 0 Å². The van der Waals surface area contributed by atoms with Gasteiger partial charge in [0, 0.05) is 19.2 Å². The van der Waals surface area contributed by atoms with E-state index in [2.05, 4.69) is 20.6 Å². The molecule has 1 heterocycles. The van der Waals surface area contributed by atoms with Crippen LogP contribution in [0.4, 0.5) is 11.6 Å². The minimum Gasteiger partial charge on any atom is -0.393 e. The van der Waals surface area contributed by atoms with Crippen molar-refractivity contribution in [2.45, 2.75) is 26.4 Å². The van der Waals surface area contributed by atoms with E-state index in [1.807, 2.05) is 14.0 Å². The molecule has 0 aliphatic carbocycles. The van der Waals surface area contributed by atoms with Gasteiger partial charge in [-0.25, -0.2) is 9.97 Å². The number of nitrogens with one attached hydrogen (secondary N) is 2. The van der Waals surface area contributed by atoms with E-state index in [4.69, 9.17) is 5.11 Å². The summed E-state index contributed by atoms with van der Waals surface area (Å²) in [4.78, 5) is 8.23. The Hall–Kier alpha value is -1.36. The first-order valence-electron chi connectivity index (χ1n) is 5.06. The summed E-state index contributed by atoms with van der Waals surface area (Å²) >= 11 is 0. The number of anilines is 2. The Morgan fingerprint density at radius 1 is 1.40 bits per heavy atom. The van der Waals surface area contributed by atoms with Gasteiger partial charge in [0.15, 0.2) is 0 Å². The second-order valence-corrected chi connectivity index (χ2v) is 3.51. The number of nitrogens with zero attached hydrogens (tertiary/aromatic N) is 2. The van der Waals surface area contributed by atoms with Crippen LogP contribution in [0.2, 0.25) is 0 Å². The molecule has 1 aromatic heterocycles. The zero-order valence-corrected chi connectivity index (χ0v) is 9.41. The third kappa shape index (κ3) is 3.36. The summed E-state index contributed by atoms with van der Waals surface area (Å²) in [6.07, 6.45) is 1.94. The van der Waals surface area contributed by atoms with Crippen LogP contribution in [0.3, 0.4) is 0 Å². The second-order valence-electron chi connectivity index (χ2n) is 3.51. The van der Waals surface area contributed by atoms with Gasteiger partial charge in [0.2, 0.25) is 0 Å².